The monoisotopic (exact) mass is 440 g/mol. The second-order valence-corrected chi connectivity index (χ2v) is 8.02. The Kier molecular flexibility index (Phi) is 5.76. The molecule has 1 aliphatic rings. The standard InChI is InChI=1S/C26H24N4O3/c31-25(27-18-19-10-12-20(13-11-19)26(32)29-14-4-5-15-29)23-17-22(24-9-6-16-33-24)28-30(23)21-7-2-1-3-8-21/h1-3,6-13,16-17H,4-5,14-15,18H2,(H,27,31). The maximum absolute atomic E-state index is 13.1. The molecular formula is C26H24N4O3. The fourth-order valence-corrected chi connectivity index (χ4v) is 3.99. The van der Waals surface area contributed by atoms with Crippen molar-refractivity contribution < 1.29 is 14.0 Å². The molecule has 4 aromatic rings. The van der Waals surface area contributed by atoms with Crippen molar-refractivity contribution in [3.05, 3.63) is 95.9 Å². The van der Waals surface area contributed by atoms with Gasteiger partial charge in [0.15, 0.2) is 5.76 Å². The molecule has 0 aliphatic carbocycles. The van der Waals surface area contributed by atoms with Crippen molar-refractivity contribution in [2.24, 2.45) is 0 Å². The second-order valence-electron chi connectivity index (χ2n) is 8.02. The molecule has 1 fully saturated rings. The van der Waals surface area contributed by atoms with Crippen LogP contribution in [-0.2, 0) is 6.54 Å². The van der Waals surface area contributed by atoms with Gasteiger partial charge in [-0.05, 0) is 54.8 Å². The zero-order chi connectivity index (χ0) is 22.6. The van der Waals surface area contributed by atoms with Crippen molar-refractivity contribution in [3.8, 4) is 17.1 Å². The average Bonchev–Trinajstić information content (AvgIpc) is 3.64. The number of likely N-dealkylation sites (tertiary alicyclic amines) is 1. The summed E-state index contributed by atoms with van der Waals surface area (Å²) in [6, 6.07) is 22.2. The number of carbonyl (C=O) groups excluding carboxylic acids is 2. The van der Waals surface area contributed by atoms with Crippen LogP contribution in [-0.4, -0.2) is 39.6 Å². The topological polar surface area (TPSA) is 80.4 Å². The number of hydrogen-bond acceptors (Lipinski definition) is 4. The van der Waals surface area contributed by atoms with Gasteiger partial charge in [0, 0.05) is 31.3 Å². The van der Waals surface area contributed by atoms with Crippen LogP contribution in [0, 0.1) is 0 Å². The Hall–Kier alpha value is -4.13. The van der Waals surface area contributed by atoms with E-state index >= 15 is 0 Å². The summed E-state index contributed by atoms with van der Waals surface area (Å²) >= 11 is 0. The van der Waals surface area contributed by atoms with Gasteiger partial charge < -0.3 is 14.6 Å². The van der Waals surface area contributed by atoms with Crippen molar-refractivity contribution >= 4 is 11.8 Å². The van der Waals surface area contributed by atoms with E-state index in [1.54, 1.807) is 23.1 Å². The Morgan fingerprint density at radius 1 is 0.939 bits per heavy atom. The summed E-state index contributed by atoms with van der Waals surface area (Å²) in [5.74, 6) is 0.415. The summed E-state index contributed by atoms with van der Waals surface area (Å²) in [6.07, 6.45) is 3.71. The van der Waals surface area contributed by atoms with Gasteiger partial charge in [0.25, 0.3) is 11.8 Å². The van der Waals surface area contributed by atoms with E-state index in [2.05, 4.69) is 10.4 Å². The molecule has 2 aromatic heterocycles. The number of nitrogens with one attached hydrogen (secondary N) is 1. The van der Waals surface area contributed by atoms with Gasteiger partial charge in [-0.1, -0.05) is 30.3 Å². The lowest BCUT2D eigenvalue weighted by molar-refractivity contribution is 0.0792. The first-order valence-corrected chi connectivity index (χ1v) is 11.0. The summed E-state index contributed by atoms with van der Waals surface area (Å²) in [7, 11) is 0. The van der Waals surface area contributed by atoms with E-state index in [0.29, 0.717) is 29.3 Å². The van der Waals surface area contributed by atoms with Crippen LogP contribution in [0.1, 0.15) is 39.3 Å². The number of furan rings is 1. The zero-order valence-electron chi connectivity index (χ0n) is 18.1. The van der Waals surface area contributed by atoms with Gasteiger partial charge >= 0.3 is 0 Å². The van der Waals surface area contributed by atoms with E-state index < -0.39 is 0 Å². The molecule has 0 bridgehead atoms. The SMILES string of the molecule is O=C(NCc1ccc(C(=O)N2CCCC2)cc1)c1cc(-c2ccco2)nn1-c1ccccc1. The molecule has 0 unspecified atom stereocenters. The first kappa shape index (κ1) is 20.8. The second kappa shape index (κ2) is 9.16. The molecule has 33 heavy (non-hydrogen) atoms. The maximum Gasteiger partial charge on any atom is 0.270 e. The minimum absolute atomic E-state index is 0.0697. The largest absolute Gasteiger partial charge is 0.463 e. The number of carbonyl (C=O) groups is 2. The molecule has 7 nitrogen and oxygen atoms in total. The molecule has 3 heterocycles. The van der Waals surface area contributed by atoms with Gasteiger partial charge in [-0.15, -0.1) is 0 Å². The van der Waals surface area contributed by atoms with Crippen molar-refractivity contribution in [1.29, 1.82) is 0 Å². The summed E-state index contributed by atoms with van der Waals surface area (Å²) in [4.78, 5) is 27.5. The minimum atomic E-state index is -0.249. The lowest BCUT2D eigenvalue weighted by Crippen LogP contribution is -2.27. The summed E-state index contributed by atoms with van der Waals surface area (Å²) in [5, 5.41) is 7.55. The fourth-order valence-electron chi connectivity index (χ4n) is 3.99. The van der Waals surface area contributed by atoms with Crippen LogP contribution in [0.4, 0.5) is 0 Å². The molecule has 2 amide bonds. The first-order chi connectivity index (χ1) is 16.2. The molecule has 1 saturated heterocycles. The van der Waals surface area contributed by atoms with Crippen molar-refractivity contribution in [1.82, 2.24) is 20.0 Å². The van der Waals surface area contributed by atoms with Gasteiger partial charge in [-0.3, -0.25) is 9.59 Å². The number of aromatic nitrogens is 2. The highest BCUT2D eigenvalue weighted by molar-refractivity contribution is 5.95. The molecular weight excluding hydrogens is 416 g/mol. The Morgan fingerprint density at radius 2 is 1.70 bits per heavy atom. The number of nitrogens with zero attached hydrogens (tertiary/aromatic N) is 3. The predicted molar refractivity (Wildman–Crippen MR) is 124 cm³/mol. The lowest BCUT2D eigenvalue weighted by Gasteiger charge is -2.15. The van der Waals surface area contributed by atoms with Crippen LogP contribution < -0.4 is 5.32 Å². The van der Waals surface area contributed by atoms with Crippen LogP contribution in [0.3, 0.4) is 0 Å². The van der Waals surface area contributed by atoms with E-state index in [0.717, 1.165) is 37.2 Å². The number of rotatable bonds is 6. The molecule has 0 saturated carbocycles. The first-order valence-electron chi connectivity index (χ1n) is 11.0. The van der Waals surface area contributed by atoms with Crippen LogP contribution in [0.15, 0.2) is 83.5 Å². The minimum Gasteiger partial charge on any atom is -0.463 e. The van der Waals surface area contributed by atoms with Crippen molar-refractivity contribution in [2.75, 3.05) is 13.1 Å². The number of benzene rings is 2. The van der Waals surface area contributed by atoms with Crippen molar-refractivity contribution in [3.63, 3.8) is 0 Å². The molecule has 5 rings (SSSR count). The molecule has 0 spiro atoms. The highest BCUT2D eigenvalue weighted by atomic mass is 16.3. The normalized spacial score (nSPS) is 13.3. The van der Waals surface area contributed by atoms with Crippen LogP contribution in [0.25, 0.3) is 17.1 Å². The third-order valence-corrected chi connectivity index (χ3v) is 5.76. The van der Waals surface area contributed by atoms with E-state index in [9.17, 15) is 9.59 Å². The Morgan fingerprint density at radius 3 is 2.39 bits per heavy atom. The molecule has 2 aromatic carbocycles. The summed E-state index contributed by atoms with van der Waals surface area (Å²) in [5.41, 5.74) is 3.37. The number of hydrogen-bond donors (Lipinski definition) is 1. The lowest BCUT2D eigenvalue weighted by atomic mass is 10.1. The van der Waals surface area contributed by atoms with E-state index in [-0.39, 0.29) is 11.8 Å². The highest BCUT2D eigenvalue weighted by Gasteiger charge is 2.20. The van der Waals surface area contributed by atoms with E-state index in [4.69, 9.17) is 4.42 Å². The maximum atomic E-state index is 13.1. The molecule has 7 heteroatoms. The Bertz CT molecular complexity index is 1240. The van der Waals surface area contributed by atoms with E-state index in [1.165, 1.54) is 0 Å². The predicted octanol–water partition coefficient (Wildman–Crippen LogP) is 4.30. The van der Waals surface area contributed by atoms with Gasteiger partial charge in [0.2, 0.25) is 0 Å². The fraction of sp³-hybridized carbons (Fsp3) is 0.192. The molecule has 1 N–H and O–H groups in total. The van der Waals surface area contributed by atoms with Gasteiger partial charge in [0.1, 0.15) is 11.4 Å². The van der Waals surface area contributed by atoms with Gasteiger partial charge in [-0.2, -0.15) is 5.10 Å². The molecule has 0 radical (unpaired) electrons. The zero-order valence-corrected chi connectivity index (χ0v) is 18.1. The smallest absolute Gasteiger partial charge is 0.270 e. The summed E-state index contributed by atoms with van der Waals surface area (Å²) in [6.45, 7) is 1.99. The molecule has 1 aliphatic heterocycles. The van der Waals surface area contributed by atoms with Gasteiger partial charge in [-0.25, -0.2) is 4.68 Å². The third kappa shape index (κ3) is 4.43. The van der Waals surface area contributed by atoms with Gasteiger partial charge in [0.05, 0.1) is 12.0 Å². The molecule has 166 valence electrons. The van der Waals surface area contributed by atoms with Crippen LogP contribution >= 0.6 is 0 Å². The molecule has 0 atom stereocenters. The van der Waals surface area contributed by atoms with Crippen LogP contribution in [0.2, 0.25) is 0 Å². The highest BCUT2D eigenvalue weighted by Crippen LogP contribution is 2.22. The number of amides is 2. The number of para-hydroxylation sites is 1. The Labute approximate surface area is 191 Å². The Balaban J connectivity index is 1.32. The average molecular weight is 441 g/mol. The van der Waals surface area contributed by atoms with Crippen molar-refractivity contribution in [2.45, 2.75) is 19.4 Å². The quantitative estimate of drug-likeness (QED) is 0.485. The van der Waals surface area contributed by atoms with E-state index in [1.807, 2.05) is 65.6 Å². The third-order valence-electron chi connectivity index (χ3n) is 5.76. The summed E-state index contributed by atoms with van der Waals surface area (Å²) < 4.78 is 7.08. The van der Waals surface area contributed by atoms with Crippen LogP contribution in [0.5, 0.6) is 0 Å².